The highest BCUT2D eigenvalue weighted by Gasteiger charge is 2.20. The maximum Gasteiger partial charge on any atom is 0.328 e. The summed E-state index contributed by atoms with van der Waals surface area (Å²) in [6, 6.07) is 0. The Labute approximate surface area is 69.8 Å². The number of hydrogen-bond acceptors (Lipinski definition) is 3. The Balaban J connectivity index is 4.21. The third-order valence-electron chi connectivity index (χ3n) is 1.21. The predicted octanol–water partition coefficient (Wildman–Crippen LogP) is 0.930. The first kappa shape index (κ1) is 10.6. The normalized spacial score (nSPS) is 11.8. The van der Waals surface area contributed by atoms with Gasteiger partial charge in [-0.15, -0.1) is 0 Å². The van der Waals surface area contributed by atoms with Crippen LogP contribution in [0.1, 0.15) is 13.8 Å². The van der Waals surface area contributed by atoms with E-state index in [0.717, 1.165) is 6.08 Å². The van der Waals surface area contributed by atoms with Crippen LogP contribution in [0.15, 0.2) is 12.2 Å². The molecule has 0 aromatic heterocycles. The topological polar surface area (TPSA) is 80.4 Å². The molecule has 0 aliphatic rings. The summed E-state index contributed by atoms with van der Waals surface area (Å²) in [5.74, 6) is -1.09. The van der Waals surface area contributed by atoms with E-state index in [9.17, 15) is 14.9 Å². The zero-order valence-electron chi connectivity index (χ0n) is 6.98. The lowest BCUT2D eigenvalue weighted by Crippen LogP contribution is -2.20. The van der Waals surface area contributed by atoms with Gasteiger partial charge < -0.3 is 5.11 Å². The van der Waals surface area contributed by atoms with E-state index in [1.807, 2.05) is 0 Å². The molecule has 5 heteroatoms. The van der Waals surface area contributed by atoms with E-state index in [-0.39, 0.29) is 6.54 Å². The summed E-state index contributed by atoms with van der Waals surface area (Å²) in [4.78, 5) is 19.7. The summed E-state index contributed by atoms with van der Waals surface area (Å²) in [5, 5.41) is 18.3. The Bertz CT molecular complexity index is 219. The zero-order valence-corrected chi connectivity index (χ0v) is 6.98. The molecule has 12 heavy (non-hydrogen) atoms. The molecule has 0 aliphatic heterocycles. The smallest absolute Gasteiger partial charge is 0.328 e. The molecule has 0 radical (unpaired) electrons. The van der Waals surface area contributed by atoms with Crippen LogP contribution in [0.2, 0.25) is 0 Å². The minimum atomic E-state index is -1.09. The molecule has 0 saturated heterocycles. The number of carboxylic acid groups (broad SMARTS) is 1. The lowest BCUT2D eigenvalue weighted by Gasteiger charge is -2.12. The fourth-order valence-electron chi connectivity index (χ4n) is 0.682. The van der Waals surface area contributed by atoms with Gasteiger partial charge in [-0.2, -0.15) is 0 Å². The first-order valence-corrected chi connectivity index (χ1v) is 3.37. The molecule has 0 rings (SSSR count). The Hall–Kier alpha value is -1.39. The van der Waals surface area contributed by atoms with Gasteiger partial charge in [0, 0.05) is 16.4 Å². The Morgan fingerprint density at radius 3 is 2.50 bits per heavy atom. The van der Waals surface area contributed by atoms with Crippen LogP contribution in [0.4, 0.5) is 0 Å². The second-order valence-electron chi connectivity index (χ2n) is 3.15. The van der Waals surface area contributed by atoms with Gasteiger partial charge in [-0.3, -0.25) is 10.1 Å². The van der Waals surface area contributed by atoms with E-state index < -0.39 is 16.3 Å². The number of nitro groups is 1. The van der Waals surface area contributed by atoms with Gasteiger partial charge in [-0.25, -0.2) is 4.79 Å². The van der Waals surface area contributed by atoms with Crippen LogP contribution in [0, 0.1) is 15.5 Å². The van der Waals surface area contributed by atoms with Crippen molar-refractivity contribution in [2.45, 2.75) is 13.8 Å². The van der Waals surface area contributed by atoms with Crippen LogP contribution in [-0.4, -0.2) is 22.5 Å². The minimum Gasteiger partial charge on any atom is -0.478 e. The van der Waals surface area contributed by atoms with E-state index >= 15 is 0 Å². The minimum absolute atomic E-state index is 0.267. The monoisotopic (exact) mass is 173 g/mol. The zero-order chi connectivity index (χ0) is 9.78. The number of carboxylic acids is 1. The molecule has 0 saturated carbocycles. The van der Waals surface area contributed by atoms with Crippen molar-refractivity contribution >= 4 is 5.97 Å². The molecule has 0 aromatic rings. The maximum atomic E-state index is 10.1. The van der Waals surface area contributed by atoms with Crippen molar-refractivity contribution in [3.05, 3.63) is 22.3 Å². The number of carbonyl (C=O) groups is 1. The molecular formula is C7H11NO4. The van der Waals surface area contributed by atoms with Crippen LogP contribution in [0.5, 0.6) is 0 Å². The summed E-state index contributed by atoms with van der Waals surface area (Å²) in [5.41, 5.74) is -0.706. The average Bonchev–Trinajstić information content (AvgIpc) is 1.81. The predicted molar refractivity (Wildman–Crippen MR) is 42.4 cm³/mol. The summed E-state index contributed by atoms with van der Waals surface area (Å²) in [6.45, 7) is 2.95. The summed E-state index contributed by atoms with van der Waals surface area (Å²) in [6.07, 6.45) is 2.24. The van der Waals surface area contributed by atoms with Gasteiger partial charge in [-0.05, 0) is 0 Å². The van der Waals surface area contributed by atoms with Gasteiger partial charge in [0.1, 0.15) is 0 Å². The highest BCUT2D eigenvalue weighted by atomic mass is 16.6. The van der Waals surface area contributed by atoms with Crippen LogP contribution in [0.3, 0.4) is 0 Å². The van der Waals surface area contributed by atoms with Crippen LogP contribution < -0.4 is 0 Å². The molecule has 0 fully saturated rings. The van der Waals surface area contributed by atoms with E-state index in [2.05, 4.69) is 0 Å². The fourth-order valence-corrected chi connectivity index (χ4v) is 0.682. The number of rotatable bonds is 4. The molecule has 0 spiro atoms. The molecular weight excluding hydrogens is 162 g/mol. The second kappa shape index (κ2) is 3.85. The molecule has 0 amide bonds. The Kier molecular flexibility index (Phi) is 3.40. The molecule has 0 heterocycles. The Morgan fingerprint density at radius 2 is 2.17 bits per heavy atom. The largest absolute Gasteiger partial charge is 0.478 e. The van der Waals surface area contributed by atoms with Crippen molar-refractivity contribution in [1.29, 1.82) is 0 Å². The van der Waals surface area contributed by atoms with Gasteiger partial charge in [0.05, 0.1) is 0 Å². The van der Waals surface area contributed by atoms with Gasteiger partial charge in [0.25, 0.3) is 0 Å². The van der Waals surface area contributed by atoms with Gasteiger partial charge in [0.2, 0.25) is 6.54 Å². The quantitative estimate of drug-likeness (QED) is 0.389. The molecule has 5 nitrogen and oxygen atoms in total. The second-order valence-corrected chi connectivity index (χ2v) is 3.15. The summed E-state index contributed by atoms with van der Waals surface area (Å²) in [7, 11) is 0. The Morgan fingerprint density at radius 1 is 1.67 bits per heavy atom. The van der Waals surface area contributed by atoms with Gasteiger partial charge >= 0.3 is 5.97 Å². The van der Waals surface area contributed by atoms with Gasteiger partial charge in [-0.1, -0.05) is 19.9 Å². The number of nitrogens with zero attached hydrogens (tertiary/aromatic N) is 1. The number of aliphatic carboxylic acids is 1. The van der Waals surface area contributed by atoms with Crippen molar-refractivity contribution in [1.82, 2.24) is 0 Å². The summed E-state index contributed by atoms with van der Waals surface area (Å²) < 4.78 is 0. The number of hydrogen-bond donors (Lipinski definition) is 1. The third-order valence-corrected chi connectivity index (χ3v) is 1.21. The highest BCUT2D eigenvalue weighted by Crippen LogP contribution is 2.16. The standard InChI is InChI=1S/C7H11NO4/c1-7(2,5-8(11)12)4-3-6(9)10/h3-4H,5H2,1-2H3,(H,9,10). The van der Waals surface area contributed by atoms with Crippen molar-refractivity contribution in [2.75, 3.05) is 6.54 Å². The van der Waals surface area contributed by atoms with E-state index in [1.54, 1.807) is 13.8 Å². The molecule has 0 bridgehead atoms. The molecule has 0 atom stereocenters. The fraction of sp³-hybridized carbons (Fsp3) is 0.571. The van der Waals surface area contributed by atoms with E-state index in [0.29, 0.717) is 0 Å². The molecule has 1 N–H and O–H groups in total. The van der Waals surface area contributed by atoms with Gasteiger partial charge in [0.15, 0.2) is 0 Å². The van der Waals surface area contributed by atoms with Crippen LogP contribution in [0.25, 0.3) is 0 Å². The molecule has 0 aromatic carbocycles. The lowest BCUT2D eigenvalue weighted by molar-refractivity contribution is -0.492. The third kappa shape index (κ3) is 5.40. The van der Waals surface area contributed by atoms with Crippen LogP contribution >= 0.6 is 0 Å². The van der Waals surface area contributed by atoms with Crippen molar-refractivity contribution in [3.8, 4) is 0 Å². The van der Waals surface area contributed by atoms with E-state index in [1.165, 1.54) is 6.08 Å². The maximum absolute atomic E-state index is 10.1. The molecule has 0 aliphatic carbocycles. The summed E-state index contributed by atoms with van der Waals surface area (Å²) >= 11 is 0. The van der Waals surface area contributed by atoms with Crippen molar-refractivity contribution < 1.29 is 14.8 Å². The van der Waals surface area contributed by atoms with Crippen molar-refractivity contribution in [3.63, 3.8) is 0 Å². The highest BCUT2D eigenvalue weighted by molar-refractivity contribution is 5.79. The SMILES string of the molecule is CC(C)(C=CC(=O)O)C[N+](=O)[O-]. The van der Waals surface area contributed by atoms with Crippen molar-refractivity contribution in [2.24, 2.45) is 5.41 Å². The van der Waals surface area contributed by atoms with Crippen LogP contribution in [-0.2, 0) is 4.79 Å². The first-order valence-electron chi connectivity index (χ1n) is 3.37. The first-order chi connectivity index (χ1) is 5.33. The lowest BCUT2D eigenvalue weighted by atomic mass is 9.93. The molecule has 68 valence electrons. The average molecular weight is 173 g/mol. The molecule has 0 unspecified atom stereocenters. The van der Waals surface area contributed by atoms with E-state index in [4.69, 9.17) is 5.11 Å².